The molecular formula is C20H20F3N3O3. The number of hydrogen-bond donors (Lipinski definition) is 0. The molecule has 0 radical (unpaired) electrons. The smallest absolute Gasteiger partial charge is 0.416 e. The molecule has 2 aliphatic rings. The lowest BCUT2D eigenvalue weighted by Gasteiger charge is -2.35. The minimum atomic E-state index is -4.43. The number of likely N-dealkylation sites (tertiary alicyclic amines) is 1. The number of ether oxygens (including phenoxy) is 2. The summed E-state index contributed by atoms with van der Waals surface area (Å²) >= 11 is 0. The molecule has 2 aromatic rings. The summed E-state index contributed by atoms with van der Waals surface area (Å²) in [7, 11) is 1.44. The Morgan fingerprint density at radius 1 is 1.24 bits per heavy atom. The van der Waals surface area contributed by atoms with Gasteiger partial charge in [0.1, 0.15) is 12.4 Å². The number of methoxy groups -OCH3 is 1. The van der Waals surface area contributed by atoms with E-state index < -0.39 is 11.7 Å². The minimum Gasteiger partial charge on any atom is -0.491 e. The number of benzene rings is 1. The van der Waals surface area contributed by atoms with E-state index in [4.69, 9.17) is 9.47 Å². The van der Waals surface area contributed by atoms with Crippen LogP contribution in [0.25, 0.3) is 0 Å². The van der Waals surface area contributed by atoms with Crippen molar-refractivity contribution < 1.29 is 27.4 Å². The van der Waals surface area contributed by atoms with Crippen molar-refractivity contribution in [2.24, 2.45) is 5.92 Å². The molecule has 3 atom stereocenters. The molecule has 0 spiro atoms. The number of halogens is 3. The van der Waals surface area contributed by atoms with Gasteiger partial charge >= 0.3 is 12.2 Å². The largest absolute Gasteiger partial charge is 0.491 e. The molecule has 1 aromatic heterocycles. The Morgan fingerprint density at radius 2 is 2.00 bits per heavy atom. The van der Waals surface area contributed by atoms with Gasteiger partial charge < -0.3 is 14.4 Å². The summed E-state index contributed by atoms with van der Waals surface area (Å²) in [5.74, 6) is 0.217. The third-order valence-corrected chi connectivity index (χ3v) is 5.61. The third kappa shape index (κ3) is 3.86. The molecule has 4 rings (SSSR count). The van der Waals surface area contributed by atoms with Crippen LogP contribution in [0.4, 0.5) is 13.2 Å². The standard InChI is InChI=1S/C20H20F3N3O3/c1-28-19-24-9-13(10-25-19)18(27)26-15-6-5-12(7-15)17(26)11-29-16-4-2-3-14(8-16)20(21,22)23/h2-4,8-10,12,15,17H,5-7,11H2,1H3/t12-,15+,17+/m1/s1. The summed E-state index contributed by atoms with van der Waals surface area (Å²) in [5.41, 5.74) is -0.409. The van der Waals surface area contributed by atoms with Crippen molar-refractivity contribution in [1.29, 1.82) is 0 Å². The monoisotopic (exact) mass is 407 g/mol. The summed E-state index contributed by atoms with van der Waals surface area (Å²) in [6.45, 7) is 0.144. The van der Waals surface area contributed by atoms with E-state index in [2.05, 4.69) is 9.97 Å². The zero-order chi connectivity index (χ0) is 20.6. The highest BCUT2D eigenvalue weighted by atomic mass is 19.4. The normalized spacial score (nSPS) is 23.3. The van der Waals surface area contributed by atoms with Crippen molar-refractivity contribution in [3.8, 4) is 11.8 Å². The van der Waals surface area contributed by atoms with Crippen molar-refractivity contribution in [3.05, 3.63) is 47.8 Å². The quantitative estimate of drug-likeness (QED) is 0.758. The van der Waals surface area contributed by atoms with E-state index in [1.54, 1.807) is 4.90 Å². The van der Waals surface area contributed by atoms with Crippen LogP contribution in [0, 0.1) is 5.92 Å². The first-order valence-electron chi connectivity index (χ1n) is 9.35. The van der Waals surface area contributed by atoms with Crippen molar-refractivity contribution in [2.45, 2.75) is 37.5 Å². The van der Waals surface area contributed by atoms with E-state index >= 15 is 0 Å². The zero-order valence-electron chi connectivity index (χ0n) is 15.7. The van der Waals surface area contributed by atoms with Gasteiger partial charge in [-0.2, -0.15) is 13.2 Å². The number of piperidine rings is 1. The number of amides is 1. The van der Waals surface area contributed by atoms with Crippen LogP contribution in [0.5, 0.6) is 11.8 Å². The first-order valence-corrected chi connectivity index (χ1v) is 9.35. The molecule has 1 amide bonds. The van der Waals surface area contributed by atoms with Gasteiger partial charge in [0.2, 0.25) is 0 Å². The minimum absolute atomic E-state index is 0.102. The Hall–Kier alpha value is -2.84. The van der Waals surface area contributed by atoms with Crippen LogP contribution in [0.15, 0.2) is 36.7 Å². The molecule has 9 heteroatoms. The fraction of sp³-hybridized carbons (Fsp3) is 0.450. The first-order chi connectivity index (χ1) is 13.9. The van der Waals surface area contributed by atoms with Gasteiger partial charge in [-0.3, -0.25) is 4.79 Å². The van der Waals surface area contributed by atoms with E-state index in [9.17, 15) is 18.0 Å². The molecule has 2 heterocycles. The average molecular weight is 407 g/mol. The molecule has 1 saturated heterocycles. The molecule has 1 aliphatic heterocycles. The number of alkyl halides is 3. The van der Waals surface area contributed by atoms with Gasteiger partial charge in [-0.25, -0.2) is 9.97 Å². The number of nitrogens with zero attached hydrogens (tertiary/aromatic N) is 3. The Balaban J connectivity index is 1.49. The molecule has 1 saturated carbocycles. The Morgan fingerprint density at radius 3 is 2.69 bits per heavy atom. The van der Waals surface area contributed by atoms with Crippen LogP contribution < -0.4 is 9.47 Å². The van der Waals surface area contributed by atoms with Gasteiger partial charge in [0.25, 0.3) is 5.91 Å². The van der Waals surface area contributed by atoms with Crippen LogP contribution >= 0.6 is 0 Å². The van der Waals surface area contributed by atoms with Crippen LogP contribution in [0.1, 0.15) is 35.2 Å². The number of carbonyl (C=O) groups excluding carboxylic acids is 1. The Bertz CT molecular complexity index is 889. The molecule has 2 bridgehead atoms. The van der Waals surface area contributed by atoms with Crippen LogP contribution in [0.2, 0.25) is 0 Å². The fourth-order valence-electron chi connectivity index (χ4n) is 4.25. The van der Waals surface area contributed by atoms with Gasteiger partial charge in [-0.05, 0) is 43.4 Å². The van der Waals surface area contributed by atoms with Crippen LogP contribution in [0.3, 0.4) is 0 Å². The highest BCUT2D eigenvalue weighted by Gasteiger charge is 2.48. The molecule has 1 aliphatic carbocycles. The summed E-state index contributed by atoms with van der Waals surface area (Å²) in [5, 5.41) is 0. The summed E-state index contributed by atoms with van der Waals surface area (Å²) < 4.78 is 49.3. The van der Waals surface area contributed by atoms with Crippen molar-refractivity contribution in [2.75, 3.05) is 13.7 Å². The lowest BCUT2D eigenvalue weighted by atomic mass is 9.99. The second-order valence-electron chi connectivity index (χ2n) is 7.30. The molecular weight excluding hydrogens is 387 g/mol. The lowest BCUT2D eigenvalue weighted by Crippen LogP contribution is -2.47. The highest BCUT2D eigenvalue weighted by Crippen LogP contribution is 2.43. The predicted octanol–water partition coefficient (Wildman–Crippen LogP) is 3.58. The molecule has 1 aromatic carbocycles. The van der Waals surface area contributed by atoms with Crippen molar-refractivity contribution >= 4 is 5.91 Å². The third-order valence-electron chi connectivity index (χ3n) is 5.61. The average Bonchev–Trinajstić information content (AvgIpc) is 3.33. The van der Waals surface area contributed by atoms with E-state index in [0.717, 1.165) is 31.4 Å². The lowest BCUT2D eigenvalue weighted by molar-refractivity contribution is -0.137. The first kappa shape index (κ1) is 19.5. The van der Waals surface area contributed by atoms with E-state index in [1.807, 2.05) is 0 Å². The second kappa shape index (κ2) is 7.53. The number of fused-ring (bicyclic) bond motifs is 2. The van der Waals surface area contributed by atoms with E-state index in [0.29, 0.717) is 5.56 Å². The van der Waals surface area contributed by atoms with E-state index in [-0.39, 0.29) is 42.3 Å². The van der Waals surface area contributed by atoms with Crippen LogP contribution in [-0.4, -0.2) is 46.6 Å². The summed E-state index contributed by atoms with van der Waals surface area (Å²) in [6, 6.07) is 4.87. The molecule has 0 N–H and O–H groups in total. The maximum atomic E-state index is 13.0. The predicted molar refractivity (Wildman–Crippen MR) is 96.6 cm³/mol. The second-order valence-corrected chi connectivity index (χ2v) is 7.30. The molecule has 0 unspecified atom stereocenters. The summed E-state index contributed by atoms with van der Waals surface area (Å²) in [6.07, 6.45) is 1.18. The maximum Gasteiger partial charge on any atom is 0.416 e. The van der Waals surface area contributed by atoms with Crippen molar-refractivity contribution in [1.82, 2.24) is 14.9 Å². The zero-order valence-corrected chi connectivity index (χ0v) is 15.7. The van der Waals surface area contributed by atoms with E-state index in [1.165, 1.54) is 31.6 Å². The van der Waals surface area contributed by atoms with Crippen LogP contribution in [-0.2, 0) is 6.18 Å². The Kier molecular flexibility index (Phi) is 5.06. The maximum absolute atomic E-state index is 13.0. The van der Waals surface area contributed by atoms with Gasteiger partial charge in [0, 0.05) is 18.4 Å². The van der Waals surface area contributed by atoms with Gasteiger partial charge in [-0.1, -0.05) is 6.07 Å². The number of carbonyl (C=O) groups is 1. The SMILES string of the molecule is COc1ncc(C(=O)N2[C@H]3CC[C@H](C3)[C@@H]2COc2cccc(C(F)(F)F)c2)cn1. The highest BCUT2D eigenvalue weighted by molar-refractivity contribution is 5.94. The molecule has 154 valence electrons. The van der Waals surface area contributed by atoms with Gasteiger partial charge in [-0.15, -0.1) is 0 Å². The fourth-order valence-corrected chi connectivity index (χ4v) is 4.25. The number of aromatic nitrogens is 2. The Labute approximate surface area is 165 Å². The molecule has 6 nitrogen and oxygen atoms in total. The topological polar surface area (TPSA) is 64.5 Å². The molecule has 2 fully saturated rings. The number of rotatable bonds is 5. The number of hydrogen-bond acceptors (Lipinski definition) is 5. The molecule has 29 heavy (non-hydrogen) atoms. The van der Waals surface area contributed by atoms with Gasteiger partial charge in [0.15, 0.2) is 0 Å². The van der Waals surface area contributed by atoms with Gasteiger partial charge in [0.05, 0.1) is 24.3 Å². The summed E-state index contributed by atoms with van der Waals surface area (Å²) in [4.78, 5) is 22.8. The van der Waals surface area contributed by atoms with Crippen molar-refractivity contribution in [3.63, 3.8) is 0 Å².